The second-order valence-corrected chi connectivity index (χ2v) is 4.69. The van der Waals surface area contributed by atoms with Gasteiger partial charge in [0, 0.05) is 11.1 Å². The fourth-order valence-electron chi connectivity index (χ4n) is 2.11. The van der Waals surface area contributed by atoms with Crippen molar-refractivity contribution in [2.45, 2.75) is 26.1 Å². The third kappa shape index (κ3) is 1.98. The Morgan fingerprint density at radius 2 is 1.33 bits per heavy atom. The van der Waals surface area contributed by atoms with Crippen LogP contribution in [0.15, 0.2) is 34.3 Å². The maximum absolute atomic E-state index is 5.71. The molecule has 2 aliphatic rings. The fraction of sp³-hybridized carbons (Fsp3) is 0.429. The Morgan fingerprint density at radius 3 is 1.67 bits per heavy atom. The summed E-state index contributed by atoms with van der Waals surface area (Å²) in [6.07, 6.45) is 0.303. The SMILES string of the molecule is CC1CN=C(c2ccccc2C2=NCC(C)O2)O1. The summed E-state index contributed by atoms with van der Waals surface area (Å²) in [5.74, 6) is 1.40. The molecule has 0 aromatic heterocycles. The molecule has 0 fully saturated rings. The highest BCUT2D eigenvalue weighted by Gasteiger charge is 2.24. The van der Waals surface area contributed by atoms with Gasteiger partial charge in [0.15, 0.2) is 0 Å². The number of hydrogen-bond acceptors (Lipinski definition) is 4. The molecule has 1 aromatic rings. The van der Waals surface area contributed by atoms with E-state index in [4.69, 9.17) is 9.47 Å². The van der Waals surface area contributed by atoms with Gasteiger partial charge in [-0.05, 0) is 26.0 Å². The predicted molar refractivity (Wildman–Crippen MR) is 70.3 cm³/mol. The molecule has 4 nitrogen and oxygen atoms in total. The van der Waals surface area contributed by atoms with Gasteiger partial charge in [-0.3, -0.25) is 0 Å². The van der Waals surface area contributed by atoms with Crippen molar-refractivity contribution in [3.8, 4) is 0 Å². The molecular weight excluding hydrogens is 228 g/mol. The Labute approximate surface area is 106 Å². The molecule has 2 unspecified atom stereocenters. The highest BCUT2D eigenvalue weighted by atomic mass is 16.5. The lowest BCUT2D eigenvalue weighted by molar-refractivity contribution is 0.243. The van der Waals surface area contributed by atoms with Crippen LogP contribution in [0.1, 0.15) is 25.0 Å². The van der Waals surface area contributed by atoms with Gasteiger partial charge in [0.05, 0.1) is 13.1 Å². The van der Waals surface area contributed by atoms with Gasteiger partial charge in [0.25, 0.3) is 0 Å². The summed E-state index contributed by atoms with van der Waals surface area (Å²) >= 11 is 0. The van der Waals surface area contributed by atoms with Gasteiger partial charge in [-0.1, -0.05) is 12.1 Å². The van der Waals surface area contributed by atoms with Crippen LogP contribution in [0.3, 0.4) is 0 Å². The Balaban J connectivity index is 1.96. The maximum atomic E-state index is 5.71. The largest absolute Gasteiger partial charge is 0.472 e. The molecule has 0 N–H and O–H groups in total. The van der Waals surface area contributed by atoms with Crippen LogP contribution in [0.4, 0.5) is 0 Å². The van der Waals surface area contributed by atoms with Crippen molar-refractivity contribution in [2.24, 2.45) is 9.98 Å². The molecule has 0 radical (unpaired) electrons. The first-order valence-corrected chi connectivity index (χ1v) is 6.26. The molecule has 2 heterocycles. The monoisotopic (exact) mass is 244 g/mol. The zero-order valence-corrected chi connectivity index (χ0v) is 10.6. The number of benzene rings is 1. The quantitative estimate of drug-likeness (QED) is 0.798. The van der Waals surface area contributed by atoms with E-state index in [2.05, 4.69) is 9.98 Å². The first kappa shape index (κ1) is 11.3. The number of hydrogen-bond donors (Lipinski definition) is 0. The average molecular weight is 244 g/mol. The third-order valence-electron chi connectivity index (χ3n) is 3.00. The lowest BCUT2D eigenvalue weighted by atomic mass is 10.1. The van der Waals surface area contributed by atoms with Crippen LogP contribution in [-0.2, 0) is 9.47 Å². The molecule has 2 atom stereocenters. The predicted octanol–water partition coefficient (Wildman–Crippen LogP) is 2.02. The summed E-state index contributed by atoms with van der Waals surface area (Å²) in [5.41, 5.74) is 1.93. The van der Waals surface area contributed by atoms with Gasteiger partial charge in [0.2, 0.25) is 11.8 Å². The summed E-state index contributed by atoms with van der Waals surface area (Å²) in [6.45, 7) is 5.47. The van der Waals surface area contributed by atoms with E-state index < -0.39 is 0 Å². The summed E-state index contributed by atoms with van der Waals surface area (Å²) < 4.78 is 11.4. The molecule has 0 saturated heterocycles. The van der Waals surface area contributed by atoms with E-state index in [9.17, 15) is 0 Å². The first-order chi connectivity index (χ1) is 8.74. The lowest BCUT2D eigenvalue weighted by Gasteiger charge is -2.11. The smallest absolute Gasteiger partial charge is 0.217 e. The average Bonchev–Trinajstić information content (AvgIpc) is 2.98. The second kappa shape index (κ2) is 4.44. The molecule has 0 spiro atoms. The van der Waals surface area contributed by atoms with Crippen LogP contribution in [0.5, 0.6) is 0 Å². The van der Waals surface area contributed by atoms with Crippen molar-refractivity contribution >= 4 is 11.8 Å². The molecule has 94 valence electrons. The Hall–Kier alpha value is -1.84. The van der Waals surface area contributed by atoms with Crippen molar-refractivity contribution in [3.05, 3.63) is 35.4 Å². The van der Waals surface area contributed by atoms with E-state index in [-0.39, 0.29) is 12.2 Å². The van der Waals surface area contributed by atoms with Crippen molar-refractivity contribution in [1.82, 2.24) is 0 Å². The number of ether oxygens (including phenoxy) is 2. The van der Waals surface area contributed by atoms with Crippen LogP contribution >= 0.6 is 0 Å². The molecule has 18 heavy (non-hydrogen) atoms. The van der Waals surface area contributed by atoms with Crippen molar-refractivity contribution in [3.63, 3.8) is 0 Å². The van der Waals surface area contributed by atoms with Crippen LogP contribution in [-0.4, -0.2) is 37.1 Å². The number of nitrogens with zero attached hydrogens (tertiary/aromatic N) is 2. The zero-order chi connectivity index (χ0) is 12.5. The minimum absolute atomic E-state index is 0.151. The summed E-state index contributed by atoms with van der Waals surface area (Å²) in [4.78, 5) is 8.84. The fourth-order valence-corrected chi connectivity index (χ4v) is 2.11. The minimum atomic E-state index is 0.151. The van der Waals surface area contributed by atoms with E-state index >= 15 is 0 Å². The first-order valence-electron chi connectivity index (χ1n) is 6.26. The molecule has 2 aliphatic heterocycles. The Morgan fingerprint density at radius 1 is 0.889 bits per heavy atom. The van der Waals surface area contributed by atoms with E-state index in [1.54, 1.807) is 0 Å². The molecule has 0 saturated carbocycles. The number of rotatable bonds is 2. The van der Waals surface area contributed by atoms with Gasteiger partial charge in [-0.2, -0.15) is 0 Å². The molecule has 3 rings (SSSR count). The third-order valence-corrected chi connectivity index (χ3v) is 3.00. The van der Waals surface area contributed by atoms with E-state index in [0.29, 0.717) is 24.9 Å². The topological polar surface area (TPSA) is 43.2 Å². The molecule has 1 aromatic carbocycles. The van der Waals surface area contributed by atoms with Crippen molar-refractivity contribution < 1.29 is 9.47 Å². The maximum Gasteiger partial charge on any atom is 0.217 e. The highest BCUT2D eigenvalue weighted by molar-refractivity contribution is 6.07. The second-order valence-electron chi connectivity index (χ2n) is 4.69. The van der Waals surface area contributed by atoms with Crippen LogP contribution in [0, 0.1) is 0 Å². The van der Waals surface area contributed by atoms with E-state index in [1.165, 1.54) is 0 Å². The molecule has 4 heteroatoms. The van der Waals surface area contributed by atoms with Crippen molar-refractivity contribution in [1.29, 1.82) is 0 Å². The zero-order valence-electron chi connectivity index (χ0n) is 10.6. The molecule has 0 amide bonds. The van der Waals surface area contributed by atoms with Gasteiger partial charge in [-0.25, -0.2) is 9.98 Å². The van der Waals surface area contributed by atoms with Crippen LogP contribution in [0.25, 0.3) is 0 Å². The Kier molecular flexibility index (Phi) is 2.78. The summed E-state index contributed by atoms with van der Waals surface area (Å²) in [7, 11) is 0. The number of aliphatic imine (C=N–C) groups is 2. The van der Waals surface area contributed by atoms with Gasteiger partial charge in [0.1, 0.15) is 12.2 Å². The van der Waals surface area contributed by atoms with Gasteiger partial charge in [-0.15, -0.1) is 0 Å². The van der Waals surface area contributed by atoms with Crippen LogP contribution in [0.2, 0.25) is 0 Å². The summed E-state index contributed by atoms with van der Waals surface area (Å²) in [5, 5.41) is 0. The van der Waals surface area contributed by atoms with E-state index in [1.807, 2.05) is 38.1 Å². The van der Waals surface area contributed by atoms with E-state index in [0.717, 1.165) is 11.1 Å². The van der Waals surface area contributed by atoms with Crippen molar-refractivity contribution in [2.75, 3.05) is 13.1 Å². The molecule has 0 aliphatic carbocycles. The lowest BCUT2D eigenvalue weighted by Crippen LogP contribution is -2.15. The standard InChI is InChI=1S/C14H16N2O2/c1-9-7-15-13(17-9)11-5-3-4-6-12(11)14-16-8-10(2)18-14/h3-6,9-10H,7-8H2,1-2H3. The summed E-state index contributed by atoms with van der Waals surface area (Å²) in [6, 6.07) is 7.96. The Bertz CT molecular complexity index is 475. The highest BCUT2D eigenvalue weighted by Crippen LogP contribution is 2.20. The van der Waals surface area contributed by atoms with Gasteiger partial charge < -0.3 is 9.47 Å². The minimum Gasteiger partial charge on any atom is -0.472 e. The normalized spacial score (nSPS) is 26.3. The van der Waals surface area contributed by atoms with Crippen LogP contribution < -0.4 is 0 Å². The molecular formula is C14H16N2O2. The molecule has 0 bridgehead atoms. The van der Waals surface area contributed by atoms with Gasteiger partial charge >= 0.3 is 0 Å².